The van der Waals surface area contributed by atoms with Crippen LogP contribution in [0, 0.1) is 6.92 Å². The Hall–Kier alpha value is -2.63. The largest absolute Gasteiger partial charge is 0.334 e. The molecule has 6 nitrogen and oxygen atoms in total. The molecule has 154 valence electrons. The van der Waals surface area contributed by atoms with Gasteiger partial charge in [-0.25, -0.2) is 4.98 Å². The number of hydrogen-bond donors (Lipinski definition) is 0. The van der Waals surface area contributed by atoms with Gasteiger partial charge in [0.05, 0.1) is 0 Å². The molecule has 0 aliphatic carbocycles. The van der Waals surface area contributed by atoms with Gasteiger partial charge in [0.2, 0.25) is 5.91 Å². The SMILES string of the molecule is CCc1nccn1CCC(=O)N1CCCC12CCCN(c1ccc(C)cc1)C2=O. The van der Waals surface area contributed by atoms with E-state index in [0.29, 0.717) is 19.5 Å². The zero-order valence-corrected chi connectivity index (χ0v) is 17.4. The maximum absolute atomic E-state index is 13.6. The average molecular weight is 395 g/mol. The number of likely N-dealkylation sites (tertiary alicyclic amines) is 1. The summed E-state index contributed by atoms with van der Waals surface area (Å²) in [7, 11) is 0. The Kier molecular flexibility index (Phi) is 5.43. The Morgan fingerprint density at radius 3 is 2.59 bits per heavy atom. The lowest BCUT2D eigenvalue weighted by Crippen LogP contribution is -2.61. The lowest BCUT2D eigenvalue weighted by Gasteiger charge is -2.44. The zero-order chi connectivity index (χ0) is 20.4. The first-order valence-electron chi connectivity index (χ1n) is 10.7. The Morgan fingerprint density at radius 1 is 1.14 bits per heavy atom. The number of amides is 2. The fourth-order valence-electron chi connectivity index (χ4n) is 4.89. The van der Waals surface area contributed by atoms with E-state index in [2.05, 4.69) is 11.9 Å². The number of imidazole rings is 1. The molecular weight excluding hydrogens is 364 g/mol. The summed E-state index contributed by atoms with van der Waals surface area (Å²) in [5.41, 5.74) is 1.45. The van der Waals surface area contributed by atoms with Gasteiger partial charge in [0, 0.05) is 50.6 Å². The second-order valence-electron chi connectivity index (χ2n) is 8.22. The summed E-state index contributed by atoms with van der Waals surface area (Å²) in [6.07, 6.45) is 8.31. The standard InChI is InChI=1S/C23H30N4O2/c1-3-20-24-13-17-25(20)16-10-21(28)27-15-5-12-23(27)11-4-14-26(22(23)29)19-8-6-18(2)7-9-19/h6-9,13,17H,3-5,10-12,14-16H2,1-2H3. The Morgan fingerprint density at radius 2 is 1.86 bits per heavy atom. The molecule has 0 bridgehead atoms. The van der Waals surface area contributed by atoms with Crippen LogP contribution in [-0.2, 0) is 22.6 Å². The van der Waals surface area contributed by atoms with E-state index in [0.717, 1.165) is 50.2 Å². The number of aryl methyl sites for hydroxylation is 3. The number of benzene rings is 1. The monoisotopic (exact) mass is 394 g/mol. The molecule has 6 heteroatoms. The third kappa shape index (κ3) is 3.56. The molecule has 2 aliphatic rings. The Bertz CT molecular complexity index is 889. The predicted octanol–water partition coefficient (Wildman–Crippen LogP) is 3.33. The third-order valence-corrected chi connectivity index (χ3v) is 6.44. The minimum absolute atomic E-state index is 0.0809. The van der Waals surface area contributed by atoms with Gasteiger partial charge in [-0.3, -0.25) is 9.59 Å². The lowest BCUT2D eigenvalue weighted by atomic mass is 9.85. The molecule has 0 radical (unpaired) electrons. The molecule has 29 heavy (non-hydrogen) atoms. The highest BCUT2D eigenvalue weighted by molar-refractivity contribution is 6.03. The minimum Gasteiger partial charge on any atom is -0.334 e. The van der Waals surface area contributed by atoms with Crippen molar-refractivity contribution in [2.45, 2.75) is 64.5 Å². The number of hydrogen-bond acceptors (Lipinski definition) is 3. The van der Waals surface area contributed by atoms with Crippen LogP contribution in [0.5, 0.6) is 0 Å². The van der Waals surface area contributed by atoms with E-state index in [1.54, 1.807) is 6.20 Å². The van der Waals surface area contributed by atoms with E-state index < -0.39 is 5.54 Å². The molecule has 1 unspecified atom stereocenters. The molecule has 2 aromatic rings. The number of anilines is 1. The summed E-state index contributed by atoms with van der Waals surface area (Å²) >= 11 is 0. The van der Waals surface area contributed by atoms with Crippen LogP contribution in [0.4, 0.5) is 5.69 Å². The van der Waals surface area contributed by atoms with Gasteiger partial charge in [0.25, 0.3) is 5.91 Å². The number of nitrogens with zero attached hydrogens (tertiary/aromatic N) is 4. The topological polar surface area (TPSA) is 58.4 Å². The van der Waals surface area contributed by atoms with E-state index in [4.69, 9.17) is 0 Å². The summed E-state index contributed by atoms with van der Waals surface area (Å²) in [6.45, 7) is 6.13. The highest BCUT2D eigenvalue weighted by Crippen LogP contribution is 2.40. The maximum Gasteiger partial charge on any atom is 0.252 e. The lowest BCUT2D eigenvalue weighted by molar-refractivity contribution is -0.145. The molecule has 1 aromatic heterocycles. The first-order valence-corrected chi connectivity index (χ1v) is 10.7. The number of piperidine rings is 1. The van der Waals surface area contributed by atoms with Crippen molar-refractivity contribution >= 4 is 17.5 Å². The minimum atomic E-state index is -0.664. The first-order chi connectivity index (χ1) is 14.0. The van der Waals surface area contributed by atoms with Crippen molar-refractivity contribution in [1.82, 2.24) is 14.5 Å². The predicted molar refractivity (Wildman–Crippen MR) is 113 cm³/mol. The highest BCUT2D eigenvalue weighted by Gasteiger charge is 2.52. The van der Waals surface area contributed by atoms with Gasteiger partial charge in [-0.05, 0) is 44.7 Å². The van der Waals surface area contributed by atoms with Crippen molar-refractivity contribution in [2.24, 2.45) is 0 Å². The van der Waals surface area contributed by atoms with Crippen molar-refractivity contribution in [3.63, 3.8) is 0 Å². The fourth-order valence-corrected chi connectivity index (χ4v) is 4.89. The van der Waals surface area contributed by atoms with E-state index >= 15 is 0 Å². The summed E-state index contributed by atoms with van der Waals surface area (Å²) in [4.78, 5) is 34.9. The molecular formula is C23H30N4O2. The van der Waals surface area contributed by atoms with Gasteiger partial charge in [-0.2, -0.15) is 0 Å². The summed E-state index contributed by atoms with van der Waals surface area (Å²) in [5, 5.41) is 0. The molecule has 1 spiro atoms. The molecule has 2 amide bonds. The molecule has 4 rings (SSSR count). The van der Waals surface area contributed by atoms with Gasteiger partial charge in [-0.15, -0.1) is 0 Å². The summed E-state index contributed by atoms with van der Waals surface area (Å²) in [6, 6.07) is 8.10. The van der Waals surface area contributed by atoms with Gasteiger partial charge in [0.1, 0.15) is 11.4 Å². The van der Waals surface area contributed by atoms with Crippen molar-refractivity contribution < 1.29 is 9.59 Å². The summed E-state index contributed by atoms with van der Waals surface area (Å²) in [5.74, 6) is 1.17. The fraction of sp³-hybridized carbons (Fsp3) is 0.522. The zero-order valence-electron chi connectivity index (χ0n) is 17.4. The number of carbonyl (C=O) groups excluding carboxylic acids is 2. The molecule has 0 saturated carbocycles. The van der Waals surface area contributed by atoms with Crippen LogP contribution >= 0.6 is 0 Å². The quantitative estimate of drug-likeness (QED) is 0.782. The number of carbonyl (C=O) groups is 2. The van der Waals surface area contributed by atoms with Gasteiger partial charge in [-0.1, -0.05) is 24.6 Å². The van der Waals surface area contributed by atoms with Crippen LogP contribution in [0.3, 0.4) is 0 Å². The van der Waals surface area contributed by atoms with Crippen LogP contribution in [0.15, 0.2) is 36.7 Å². The van der Waals surface area contributed by atoms with Gasteiger partial charge < -0.3 is 14.4 Å². The van der Waals surface area contributed by atoms with Gasteiger partial charge >= 0.3 is 0 Å². The van der Waals surface area contributed by atoms with Crippen LogP contribution in [-0.4, -0.2) is 44.9 Å². The summed E-state index contributed by atoms with van der Waals surface area (Å²) < 4.78 is 2.04. The van der Waals surface area contributed by atoms with Crippen molar-refractivity contribution in [3.8, 4) is 0 Å². The molecule has 1 aromatic carbocycles. The number of rotatable bonds is 5. The van der Waals surface area contributed by atoms with Crippen LogP contribution in [0.2, 0.25) is 0 Å². The third-order valence-electron chi connectivity index (χ3n) is 6.44. The van der Waals surface area contributed by atoms with Crippen molar-refractivity contribution in [2.75, 3.05) is 18.0 Å². The molecule has 1 atom stereocenters. The van der Waals surface area contributed by atoms with E-state index in [1.807, 2.05) is 51.8 Å². The average Bonchev–Trinajstić information content (AvgIpc) is 3.36. The highest BCUT2D eigenvalue weighted by atomic mass is 16.2. The second-order valence-corrected chi connectivity index (χ2v) is 8.22. The molecule has 2 fully saturated rings. The van der Waals surface area contributed by atoms with Crippen molar-refractivity contribution in [3.05, 3.63) is 48.0 Å². The maximum atomic E-state index is 13.6. The smallest absolute Gasteiger partial charge is 0.252 e. The molecule has 2 saturated heterocycles. The van der Waals surface area contributed by atoms with E-state index in [-0.39, 0.29) is 11.8 Å². The first kappa shape index (κ1) is 19.7. The van der Waals surface area contributed by atoms with Crippen LogP contribution < -0.4 is 4.90 Å². The van der Waals surface area contributed by atoms with Crippen LogP contribution in [0.25, 0.3) is 0 Å². The second kappa shape index (κ2) is 8.01. The molecule has 2 aliphatic heterocycles. The Labute approximate surface area is 172 Å². The van der Waals surface area contributed by atoms with Gasteiger partial charge in [0.15, 0.2) is 0 Å². The molecule has 3 heterocycles. The number of aromatic nitrogens is 2. The Balaban J connectivity index is 1.51. The molecule has 0 N–H and O–H groups in total. The van der Waals surface area contributed by atoms with Crippen LogP contribution in [0.1, 0.15) is 50.4 Å². The van der Waals surface area contributed by atoms with Crippen molar-refractivity contribution in [1.29, 1.82) is 0 Å². The normalized spacial score (nSPS) is 21.9. The van der Waals surface area contributed by atoms with E-state index in [1.165, 1.54) is 5.56 Å². The van der Waals surface area contributed by atoms with E-state index in [9.17, 15) is 9.59 Å².